The second-order valence-corrected chi connectivity index (χ2v) is 20.0. The summed E-state index contributed by atoms with van der Waals surface area (Å²) in [5.74, 6) is -0.525. The molecule has 0 aliphatic carbocycles. The van der Waals surface area contributed by atoms with E-state index in [-0.39, 0.29) is 31.3 Å². The van der Waals surface area contributed by atoms with Gasteiger partial charge in [-0.05, 0) is 18.1 Å². The first-order valence-corrected chi connectivity index (χ1v) is 32.4. The minimum Gasteiger partial charge on any atom is -0.465 e. The first-order valence-electron chi connectivity index (χ1n) is 31.5. The van der Waals surface area contributed by atoms with Gasteiger partial charge in [0.2, 0.25) is 5.91 Å². The van der Waals surface area contributed by atoms with Crippen LogP contribution in [-0.2, 0) is 125 Å². The van der Waals surface area contributed by atoms with Crippen molar-refractivity contribution in [2.24, 2.45) is 0 Å². The Morgan fingerprint density at radius 1 is 0.356 bits per heavy atom. The summed E-state index contributed by atoms with van der Waals surface area (Å²) in [6.45, 7) is 23.4. The third-order valence-corrected chi connectivity index (χ3v) is 13.0. The van der Waals surface area contributed by atoms with Gasteiger partial charge in [-0.2, -0.15) is 0 Å². The van der Waals surface area contributed by atoms with Crippen molar-refractivity contribution in [1.82, 2.24) is 9.88 Å². The molecule has 0 unspecified atom stereocenters. The van der Waals surface area contributed by atoms with Crippen molar-refractivity contribution in [1.29, 1.82) is 0 Å². The van der Waals surface area contributed by atoms with Crippen LogP contribution in [0.25, 0.3) is 10.4 Å². The molecular formula is C62H110N2O25S. The molecule has 0 atom stereocenters. The maximum absolute atomic E-state index is 12.4. The van der Waals surface area contributed by atoms with Crippen LogP contribution in [0.3, 0.4) is 0 Å². The number of carbonyl (C=O) groups is 2. The molecule has 0 aliphatic rings. The summed E-state index contributed by atoms with van der Waals surface area (Å²) in [5, 5.41) is 0. The van der Waals surface area contributed by atoms with Gasteiger partial charge in [-0.1, -0.05) is 24.3 Å². The highest BCUT2D eigenvalue weighted by molar-refractivity contribution is 7.13. The predicted octanol–water partition coefficient (Wildman–Crippen LogP) is 3.44. The van der Waals surface area contributed by atoms with Gasteiger partial charge in [0.15, 0.2) is 0 Å². The molecule has 0 spiro atoms. The number of rotatable bonds is 73. The monoisotopic (exact) mass is 1310 g/mol. The minimum atomic E-state index is -0.386. The van der Waals surface area contributed by atoms with Gasteiger partial charge in [0.05, 0.1) is 313 Å². The van der Waals surface area contributed by atoms with Gasteiger partial charge in [-0.15, -0.1) is 11.3 Å². The average molecular weight is 1320 g/mol. The molecule has 524 valence electrons. The standard InChI is InChI=1S/C62H110N2O25S/c1-57-62(90-56-63-57)59-6-4-58(5-7-59)10-12-89-61(66)9-8-60(65)64(2)11-13-68-16-17-70-20-21-72-24-25-74-28-29-76-32-33-78-36-37-80-40-41-82-44-45-84-48-49-86-52-53-88-55-54-87-51-50-85-47-46-83-43-42-81-39-38-79-35-34-77-31-30-75-27-26-73-23-22-71-19-18-69-15-14-67-3/h4-7,56H,8-55H2,1-3H3. The number of nitrogens with zero attached hydrogens (tertiary/aromatic N) is 2. The largest absolute Gasteiger partial charge is 0.465 e. The molecule has 1 aromatic heterocycles. The third-order valence-electron chi connectivity index (χ3n) is 12.0. The molecule has 0 aliphatic heterocycles. The van der Waals surface area contributed by atoms with Crippen molar-refractivity contribution in [3.05, 3.63) is 41.0 Å². The zero-order valence-electron chi connectivity index (χ0n) is 54.3. The average Bonchev–Trinajstić information content (AvgIpc) is 4.12. The summed E-state index contributed by atoms with van der Waals surface area (Å²) in [4.78, 5) is 31.7. The molecule has 2 aromatic rings. The Morgan fingerprint density at radius 2 is 0.611 bits per heavy atom. The van der Waals surface area contributed by atoms with Crippen molar-refractivity contribution in [3.63, 3.8) is 0 Å². The van der Waals surface area contributed by atoms with Gasteiger partial charge in [0, 0.05) is 33.5 Å². The van der Waals surface area contributed by atoms with E-state index in [1.54, 1.807) is 30.4 Å². The second-order valence-electron chi connectivity index (χ2n) is 19.1. The van der Waals surface area contributed by atoms with Crippen molar-refractivity contribution in [2.75, 3.05) is 311 Å². The van der Waals surface area contributed by atoms with Crippen molar-refractivity contribution in [3.8, 4) is 10.4 Å². The maximum atomic E-state index is 12.4. The number of likely N-dealkylation sites (N-methyl/N-ethyl adjacent to an activating group) is 1. The first kappa shape index (κ1) is 83.0. The van der Waals surface area contributed by atoms with E-state index in [9.17, 15) is 9.59 Å². The highest BCUT2D eigenvalue weighted by Crippen LogP contribution is 2.27. The molecule has 27 nitrogen and oxygen atoms in total. The SMILES string of the molecule is COCCOCCOCCOCCOCCOCCOCCOCCOCCOCCOCCOCCOCCOCCOCCOCCOCCOCCOCCOCCOCCOCCN(C)C(=O)CCC(=O)OCCc1ccc(-c2scnc2C)cc1. The summed E-state index contributed by atoms with van der Waals surface area (Å²) in [6, 6.07) is 8.17. The first-order chi connectivity index (χ1) is 44.5. The Balaban J connectivity index is 1.13. The molecule has 1 amide bonds. The summed E-state index contributed by atoms with van der Waals surface area (Å²) in [6.07, 6.45) is 0.730. The fraction of sp³-hybridized carbons (Fsp3) is 0.823. The van der Waals surface area contributed by atoms with Gasteiger partial charge in [-0.25, -0.2) is 4.98 Å². The number of thiazole rings is 1. The molecule has 28 heteroatoms. The number of hydrogen-bond donors (Lipinski definition) is 0. The van der Waals surface area contributed by atoms with Gasteiger partial charge in [0.25, 0.3) is 0 Å². The smallest absolute Gasteiger partial charge is 0.306 e. The highest BCUT2D eigenvalue weighted by Gasteiger charge is 2.13. The van der Waals surface area contributed by atoms with Crippen LogP contribution in [-0.4, -0.2) is 333 Å². The van der Waals surface area contributed by atoms with E-state index in [4.69, 9.17) is 109 Å². The number of ether oxygens (including phenoxy) is 23. The van der Waals surface area contributed by atoms with Crippen LogP contribution in [0.2, 0.25) is 0 Å². The number of aromatic nitrogens is 1. The fourth-order valence-electron chi connectivity index (χ4n) is 7.13. The predicted molar refractivity (Wildman–Crippen MR) is 333 cm³/mol. The maximum Gasteiger partial charge on any atom is 0.306 e. The molecule has 1 heterocycles. The Morgan fingerprint density at radius 3 is 0.856 bits per heavy atom. The summed E-state index contributed by atoms with van der Waals surface area (Å²) in [5.41, 5.74) is 5.05. The van der Waals surface area contributed by atoms with E-state index in [1.165, 1.54) is 0 Å². The van der Waals surface area contributed by atoms with Crippen molar-refractivity contribution < 1.29 is 119 Å². The molecule has 0 saturated heterocycles. The Bertz CT molecular complexity index is 1810. The van der Waals surface area contributed by atoms with Crippen LogP contribution in [0.5, 0.6) is 0 Å². The van der Waals surface area contributed by atoms with Crippen LogP contribution in [0.15, 0.2) is 29.8 Å². The van der Waals surface area contributed by atoms with E-state index >= 15 is 0 Å². The number of aryl methyl sites for hydroxylation is 1. The Hall–Kier alpha value is -3.09. The number of amides is 1. The summed E-state index contributed by atoms with van der Waals surface area (Å²) < 4.78 is 126. The lowest BCUT2D eigenvalue weighted by atomic mass is 10.1. The molecular weight excluding hydrogens is 1200 g/mol. The van der Waals surface area contributed by atoms with Gasteiger partial charge in [-0.3, -0.25) is 9.59 Å². The minimum absolute atomic E-state index is 0.0364. The van der Waals surface area contributed by atoms with Crippen LogP contribution in [0, 0.1) is 6.92 Å². The lowest BCUT2D eigenvalue weighted by molar-refractivity contribution is -0.146. The van der Waals surface area contributed by atoms with Gasteiger partial charge >= 0.3 is 5.97 Å². The molecule has 1 aromatic carbocycles. The number of esters is 1. The molecule has 0 N–H and O–H groups in total. The van der Waals surface area contributed by atoms with Crippen LogP contribution in [0.4, 0.5) is 0 Å². The third kappa shape index (κ3) is 56.5. The van der Waals surface area contributed by atoms with Gasteiger partial charge in [0.1, 0.15) is 0 Å². The van der Waals surface area contributed by atoms with Crippen molar-refractivity contribution >= 4 is 23.2 Å². The zero-order valence-corrected chi connectivity index (χ0v) is 55.2. The number of hydrogen-bond acceptors (Lipinski definition) is 27. The molecule has 90 heavy (non-hydrogen) atoms. The van der Waals surface area contributed by atoms with Gasteiger partial charge < -0.3 is 114 Å². The lowest BCUT2D eigenvalue weighted by Gasteiger charge is -2.17. The number of benzene rings is 1. The van der Waals surface area contributed by atoms with E-state index in [0.717, 1.165) is 21.7 Å². The van der Waals surface area contributed by atoms with E-state index in [2.05, 4.69) is 17.1 Å². The van der Waals surface area contributed by atoms with E-state index in [0.29, 0.717) is 297 Å². The zero-order chi connectivity index (χ0) is 64.2. The Labute approximate surface area is 538 Å². The molecule has 2 rings (SSSR count). The number of carbonyl (C=O) groups excluding carboxylic acids is 2. The Kier molecular flexibility index (Phi) is 62.1. The lowest BCUT2D eigenvalue weighted by Crippen LogP contribution is -2.30. The summed E-state index contributed by atoms with van der Waals surface area (Å²) in [7, 11) is 3.33. The second kappa shape index (κ2) is 67.3. The fourth-order valence-corrected chi connectivity index (χ4v) is 7.94. The normalized spacial score (nSPS) is 11.6. The molecule has 0 fully saturated rings. The van der Waals surface area contributed by atoms with E-state index in [1.807, 2.05) is 24.6 Å². The topological polar surface area (TPSA) is 263 Å². The van der Waals surface area contributed by atoms with E-state index < -0.39 is 0 Å². The molecule has 0 bridgehead atoms. The quantitative estimate of drug-likeness (QED) is 0.0678. The summed E-state index contributed by atoms with van der Waals surface area (Å²) >= 11 is 1.61. The molecule has 0 radical (unpaired) electrons. The van der Waals surface area contributed by atoms with Crippen LogP contribution < -0.4 is 0 Å². The van der Waals surface area contributed by atoms with Crippen molar-refractivity contribution in [2.45, 2.75) is 26.2 Å². The number of methoxy groups -OCH3 is 1. The molecule has 0 saturated carbocycles. The highest BCUT2D eigenvalue weighted by atomic mass is 32.1. The van der Waals surface area contributed by atoms with Crippen LogP contribution in [0.1, 0.15) is 24.1 Å². The van der Waals surface area contributed by atoms with Crippen LogP contribution >= 0.6 is 11.3 Å².